The number of aromatic nitrogens is 4. The lowest BCUT2D eigenvalue weighted by Crippen LogP contribution is -2.32. The van der Waals surface area contributed by atoms with Crippen LogP contribution in [0.5, 0.6) is 0 Å². The summed E-state index contributed by atoms with van der Waals surface area (Å²) in [6, 6.07) is 2.17. The summed E-state index contributed by atoms with van der Waals surface area (Å²) in [7, 11) is 0. The molecule has 0 unspecified atom stereocenters. The highest BCUT2D eigenvalue weighted by Crippen LogP contribution is 2.24. The standard InChI is InChI=1S/C18H27N7S/c1-2-15-21-18(26-22-15)25-10-6-9-24(11-12-25)17-13-16(19-14-20-17)23-7-4-3-5-8-23/h13-14H,2-12H2,1H3. The van der Waals surface area contributed by atoms with E-state index in [0.717, 1.165) is 74.7 Å². The van der Waals surface area contributed by atoms with Crippen LogP contribution in [0.4, 0.5) is 16.8 Å². The summed E-state index contributed by atoms with van der Waals surface area (Å²) in [5, 5.41) is 1.06. The van der Waals surface area contributed by atoms with Gasteiger partial charge in [0.05, 0.1) is 0 Å². The molecule has 140 valence electrons. The first-order valence-corrected chi connectivity index (χ1v) is 10.5. The van der Waals surface area contributed by atoms with Crippen molar-refractivity contribution in [1.29, 1.82) is 0 Å². The zero-order valence-electron chi connectivity index (χ0n) is 15.5. The molecule has 2 aliphatic rings. The molecule has 2 aromatic rings. The summed E-state index contributed by atoms with van der Waals surface area (Å²) >= 11 is 1.52. The zero-order valence-corrected chi connectivity index (χ0v) is 16.3. The van der Waals surface area contributed by atoms with Crippen LogP contribution in [-0.2, 0) is 6.42 Å². The van der Waals surface area contributed by atoms with Crippen LogP contribution in [0.3, 0.4) is 0 Å². The van der Waals surface area contributed by atoms with E-state index in [1.54, 1.807) is 6.33 Å². The topological polar surface area (TPSA) is 61.3 Å². The van der Waals surface area contributed by atoms with Gasteiger partial charge in [0.2, 0.25) is 5.13 Å². The predicted molar refractivity (Wildman–Crippen MR) is 106 cm³/mol. The van der Waals surface area contributed by atoms with Gasteiger partial charge in [-0.2, -0.15) is 4.37 Å². The van der Waals surface area contributed by atoms with Crippen LogP contribution in [0.15, 0.2) is 12.4 Å². The molecule has 26 heavy (non-hydrogen) atoms. The van der Waals surface area contributed by atoms with Crippen LogP contribution in [0.2, 0.25) is 0 Å². The molecule has 4 rings (SSSR count). The lowest BCUT2D eigenvalue weighted by molar-refractivity contribution is 0.573. The molecule has 0 bridgehead atoms. The van der Waals surface area contributed by atoms with Gasteiger partial charge >= 0.3 is 0 Å². The largest absolute Gasteiger partial charge is 0.356 e. The third-order valence-electron chi connectivity index (χ3n) is 5.18. The van der Waals surface area contributed by atoms with Gasteiger partial charge in [-0.05, 0) is 25.7 Å². The van der Waals surface area contributed by atoms with Crippen molar-refractivity contribution in [2.24, 2.45) is 0 Å². The summed E-state index contributed by atoms with van der Waals surface area (Å²) in [5.74, 6) is 3.08. The average molecular weight is 374 g/mol. The fraction of sp³-hybridized carbons (Fsp3) is 0.667. The molecular formula is C18H27N7S. The molecule has 0 N–H and O–H groups in total. The zero-order chi connectivity index (χ0) is 17.8. The molecule has 7 nitrogen and oxygen atoms in total. The predicted octanol–water partition coefficient (Wildman–Crippen LogP) is 2.60. The first-order valence-electron chi connectivity index (χ1n) is 9.73. The van der Waals surface area contributed by atoms with E-state index in [4.69, 9.17) is 0 Å². The fourth-order valence-corrected chi connectivity index (χ4v) is 4.46. The van der Waals surface area contributed by atoms with Gasteiger partial charge in [-0.1, -0.05) is 6.92 Å². The Bertz CT molecular complexity index is 713. The van der Waals surface area contributed by atoms with Gasteiger partial charge < -0.3 is 14.7 Å². The second-order valence-electron chi connectivity index (χ2n) is 6.96. The van der Waals surface area contributed by atoms with E-state index in [0.29, 0.717) is 0 Å². The second kappa shape index (κ2) is 8.16. The maximum atomic E-state index is 4.65. The molecule has 0 saturated carbocycles. The minimum absolute atomic E-state index is 0.899. The Morgan fingerprint density at radius 1 is 0.846 bits per heavy atom. The van der Waals surface area contributed by atoms with Gasteiger partial charge in [0.15, 0.2) is 0 Å². The number of rotatable bonds is 4. The number of aryl methyl sites for hydroxylation is 1. The van der Waals surface area contributed by atoms with Crippen molar-refractivity contribution in [1.82, 2.24) is 19.3 Å². The van der Waals surface area contributed by atoms with Crippen LogP contribution in [0.1, 0.15) is 38.4 Å². The molecule has 4 heterocycles. The van der Waals surface area contributed by atoms with Crippen molar-refractivity contribution in [3.05, 3.63) is 18.2 Å². The van der Waals surface area contributed by atoms with Crippen molar-refractivity contribution >= 4 is 28.3 Å². The molecule has 2 saturated heterocycles. The third kappa shape index (κ3) is 3.90. The van der Waals surface area contributed by atoms with Crippen molar-refractivity contribution in [3.8, 4) is 0 Å². The van der Waals surface area contributed by atoms with Gasteiger partial charge in [0, 0.05) is 63.3 Å². The van der Waals surface area contributed by atoms with E-state index >= 15 is 0 Å². The lowest BCUT2D eigenvalue weighted by Gasteiger charge is -2.29. The van der Waals surface area contributed by atoms with E-state index in [2.05, 4.69) is 47.0 Å². The Kier molecular flexibility index (Phi) is 5.48. The molecule has 8 heteroatoms. The quantitative estimate of drug-likeness (QED) is 0.816. The Morgan fingerprint density at radius 3 is 2.23 bits per heavy atom. The van der Waals surface area contributed by atoms with Crippen LogP contribution in [0, 0.1) is 0 Å². The number of hydrogen-bond donors (Lipinski definition) is 0. The highest BCUT2D eigenvalue weighted by atomic mass is 32.1. The number of nitrogens with zero attached hydrogens (tertiary/aromatic N) is 7. The van der Waals surface area contributed by atoms with Crippen molar-refractivity contribution in [2.75, 3.05) is 54.0 Å². The molecule has 0 aliphatic carbocycles. The molecule has 2 aliphatic heterocycles. The van der Waals surface area contributed by atoms with Gasteiger partial charge in [0.1, 0.15) is 23.8 Å². The lowest BCUT2D eigenvalue weighted by atomic mass is 10.1. The number of anilines is 3. The molecule has 2 fully saturated rings. The Hall–Kier alpha value is -1.96. The first kappa shape index (κ1) is 17.5. The van der Waals surface area contributed by atoms with E-state index < -0.39 is 0 Å². The highest BCUT2D eigenvalue weighted by molar-refractivity contribution is 7.09. The summed E-state index contributed by atoms with van der Waals surface area (Å²) in [5.41, 5.74) is 0. The van der Waals surface area contributed by atoms with Crippen molar-refractivity contribution < 1.29 is 0 Å². The molecule has 0 radical (unpaired) electrons. The van der Waals surface area contributed by atoms with Crippen molar-refractivity contribution in [2.45, 2.75) is 39.0 Å². The van der Waals surface area contributed by atoms with Gasteiger partial charge in [-0.15, -0.1) is 0 Å². The van der Waals surface area contributed by atoms with Crippen LogP contribution in [0.25, 0.3) is 0 Å². The Morgan fingerprint density at radius 2 is 1.50 bits per heavy atom. The smallest absolute Gasteiger partial charge is 0.205 e. The maximum Gasteiger partial charge on any atom is 0.205 e. The SMILES string of the molecule is CCc1nsc(N2CCCN(c3cc(N4CCCCC4)ncn3)CC2)n1. The third-order valence-corrected chi connectivity index (χ3v) is 6.00. The minimum atomic E-state index is 0.899. The van der Waals surface area contributed by atoms with Gasteiger partial charge in [0.25, 0.3) is 0 Å². The Labute approximate surface area is 159 Å². The highest BCUT2D eigenvalue weighted by Gasteiger charge is 2.20. The van der Waals surface area contributed by atoms with Gasteiger partial charge in [-0.3, -0.25) is 0 Å². The average Bonchev–Trinajstić information content (AvgIpc) is 3.05. The van der Waals surface area contributed by atoms with Crippen molar-refractivity contribution in [3.63, 3.8) is 0 Å². The fourth-order valence-electron chi connectivity index (χ4n) is 3.66. The molecule has 0 atom stereocenters. The van der Waals surface area contributed by atoms with E-state index in [1.165, 1.54) is 30.8 Å². The summed E-state index contributed by atoms with van der Waals surface area (Å²) in [4.78, 5) is 20.9. The molecule has 0 aromatic carbocycles. The summed E-state index contributed by atoms with van der Waals surface area (Å²) in [6.45, 7) is 8.29. The number of piperidine rings is 1. The van der Waals surface area contributed by atoms with Crippen LogP contribution in [-0.4, -0.2) is 58.6 Å². The number of hydrogen-bond acceptors (Lipinski definition) is 8. The van der Waals surface area contributed by atoms with Crippen LogP contribution >= 0.6 is 11.5 Å². The normalized spacial score (nSPS) is 18.9. The molecule has 2 aromatic heterocycles. The molecule has 0 spiro atoms. The maximum absolute atomic E-state index is 4.65. The second-order valence-corrected chi connectivity index (χ2v) is 7.69. The first-order chi connectivity index (χ1) is 12.8. The Balaban J connectivity index is 1.43. The van der Waals surface area contributed by atoms with Gasteiger partial charge in [-0.25, -0.2) is 15.0 Å². The van der Waals surface area contributed by atoms with Crippen LogP contribution < -0.4 is 14.7 Å². The molecular weight excluding hydrogens is 346 g/mol. The van der Waals surface area contributed by atoms with E-state index in [9.17, 15) is 0 Å². The van der Waals surface area contributed by atoms with E-state index in [-0.39, 0.29) is 0 Å². The summed E-state index contributed by atoms with van der Waals surface area (Å²) < 4.78 is 4.43. The monoisotopic (exact) mass is 373 g/mol. The minimum Gasteiger partial charge on any atom is -0.356 e. The molecule has 0 amide bonds. The summed E-state index contributed by atoms with van der Waals surface area (Å²) in [6.07, 6.45) is 7.59. The van der Waals surface area contributed by atoms with E-state index in [1.807, 2.05) is 0 Å².